The summed E-state index contributed by atoms with van der Waals surface area (Å²) in [4.78, 5) is 12.2. The van der Waals surface area contributed by atoms with E-state index >= 15 is 0 Å². The molecule has 5 nitrogen and oxygen atoms in total. The van der Waals surface area contributed by atoms with Crippen LogP contribution in [0.3, 0.4) is 0 Å². The van der Waals surface area contributed by atoms with Gasteiger partial charge in [-0.1, -0.05) is 60.1 Å². The van der Waals surface area contributed by atoms with Crippen molar-refractivity contribution in [3.63, 3.8) is 0 Å². The minimum absolute atomic E-state index is 0.0903. The molecule has 0 aliphatic heterocycles. The first-order chi connectivity index (χ1) is 15.4. The molecular weight excluding hydrogens is 433 g/mol. The molecule has 0 aromatic heterocycles. The Balaban J connectivity index is 1.35. The Kier molecular flexibility index (Phi) is 6.46. The van der Waals surface area contributed by atoms with Gasteiger partial charge in [-0.3, -0.25) is 0 Å². The molecule has 2 unspecified atom stereocenters. The summed E-state index contributed by atoms with van der Waals surface area (Å²) in [6.45, 7) is 1.44. The van der Waals surface area contributed by atoms with Gasteiger partial charge in [0.05, 0.1) is 0 Å². The number of alkyl carbamates (subject to hydrolysis) is 1. The molecule has 0 saturated heterocycles. The predicted octanol–water partition coefficient (Wildman–Crippen LogP) is 4.72. The van der Waals surface area contributed by atoms with Gasteiger partial charge in [0, 0.05) is 23.0 Å². The van der Waals surface area contributed by atoms with Crippen LogP contribution in [-0.2, 0) is 4.74 Å². The SMILES string of the molecule is Cc1cc(F)c(C(O)C(O)CNC(=O)OCC2c3ccccc3-c3ccccc32)cc1Cl. The van der Waals surface area contributed by atoms with Gasteiger partial charge in [0.25, 0.3) is 0 Å². The largest absolute Gasteiger partial charge is 0.449 e. The van der Waals surface area contributed by atoms with E-state index in [9.17, 15) is 19.4 Å². The van der Waals surface area contributed by atoms with Crippen molar-refractivity contribution < 1.29 is 24.1 Å². The zero-order chi connectivity index (χ0) is 22.8. The zero-order valence-corrected chi connectivity index (χ0v) is 18.1. The van der Waals surface area contributed by atoms with Crippen LogP contribution in [0.25, 0.3) is 11.1 Å². The van der Waals surface area contributed by atoms with Gasteiger partial charge in [0.1, 0.15) is 24.6 Å². The fourth-order valence-corrected chi connectivity index (χ4v) is 4.22. The number of aliphatic hydroxyl groups is 2. The van der Waals surface area contributed by atoms with E-state index < -0.39 is 24.1 Å². The number of benzene rings is 3. The molecule has 0 fully saturated rings. The van der Waals surface area contributed by atoms with Gasteiger partial charge in [-0.15, -0.1) is 0 Å². The molecule has 0 saturated carbocycles. The van der Waals surface area contributed by atoms with E-state index in [2.05, 4.69) is 5.32 Å². The van der Waals surface area contributed by atoms with Gasteiger partial charge in [-0.05, 0) is 46.9 Å². The van der Waals surface area contributed by atoms with Crippen molar-refractivity contribution in [3.05, 3.63) is 93.8 Å². The van der Waals surface area contributed by atoms with Gasteiger partial charge in [-0.25, -0.2) is 9.18 Å². The number of nitrogens with one attached hydrogen (secondary N) is 1. The number of carbonyl (C=O) groups is 1. The monoisotopic (exact) mass is 455 g/mol. The maximum Gasteiger partial charge on any atom is 0.407 e. The highest BCUT2D eigenvalue weighted by Gasteiger charge is 2.29. The van der Waals surface area contributed by atoms with Crippen molar-refractivity contribution >= 4 is 17.7 Å². The first kappa shape index (κ1) is 22.3. The molecule has 0 heterocycles. The molecule has 0 spiro atoms. The number of ether oxygens (including phenoxy) is 1. The number of aliphatic hydroxyl groups excluding tert-OH is 2. The molecule has 166 valence electrons. The molecule has 3 aromatic rings. The summed E-state index contributed by atoms with van der Waals surface area (Å²) in [5.41, 5.74) is 4.80. The molecule has 4 rings (SSSR count). The number of aryl methyl sites for hydroxylation is 1. The number of hydrogen-bond donors (Lipinski definition) is 3. The second kappa shape index (κ2) is 9.28. The molecule has 1 aliphatic rings. The molecule has 0 radical (unpaired) electrons. The fraction of sp³-hybridized carbons (Fsp3) is 0.240. The minimum atomic E-state index is -1.55. The average Bonchev–Trinajstić information content (AvgIpc) is 3.11. The van der Waals surface area contributed by atoms with Crippen molar-refractivity contribution in [1.29, 1.82) is 0 Å². The predicted molar refractivity (Wildman–Crippen MR) is 120 cm³/mol. The first-order valence-electron chi connectivity index (χ1n) is 10.3. The highest BCUT2D eigenvalue weighted by atomic mass is 35.5. The van der Waals surface area contributed by atoms with Gasteiger partial charge in [0.15, 0.2) is 0 Å². The lowest BCUT2D eigenvalue weighted by Gasteiger charge is -2.20. The van der Waals surface area contributed by atoms with Gasteiger partial charge in [0.2, 0.25) is 0 Å². The summed E-state index contributed by atoms with van der Waals surface area (Å²) >= 11 is 5.99. The van der Waals surface area contributed by atoms with Crippen molar-refractivity contribution in [1.82, 2.24) is 5.32 Å². The van der Waals surface area contributed by atoms with Crippen molar-refractivity contribution in [3.8, 4) is 11.1 Å². The lowest BCUT2D eigenvalue weighted by molar-refractivity contribution is 0.0165. The molecule has 3 N–H and O–H groups in total. The summed E-state index contributed by atoms with van der Waals surface area (Å²) < 4.78 is 19.5. The lowest BCUT2D eigenvalue weighted by atomic mass is 9.98. The van der Waals surface area contributed by atoms with Crippen LogP contribution in [0.4, 0.5) is 9.18 Å². The third-order valence-corrected chi connectivity index (χ3v) is 6.17. The molecular formula is C25H23ClFNO4. The molecule has 1 amide bonds. The van der Waals surface area contributed by atoms with Crippen LogP contribution in [0, 0.1) is 12.7 Å². The number of amides is 1. The summed E-state index contributed by atoms with van der Waals surface area (Å²) in [5.74, 6) is -0.771. The topological polar surface area (TPSA) is 78.8 Å². The normalized spacial score (nSPS) is 14.4. The zero-order valence-electron chi connectivity index (χ0n) is 17.4. The van der Waals surface area contributed by atoms with Crippen LogP contribution in [0.5, 0.6) is 0 Å². The first-order valence-corrected chi connectivity index (χ1v) is 10.6. The van der Waals surface area contributed by atoms with Crippen molar-refractivity contribution in [2.75, 3.05) is 13.2 Å². The van der Waals surface area contributed by atoms with Gasteiger partial charge < -0.3 is 20.3 Å². The third-order valence-electron chi connectivity index (χ3n) is 5.76. The Bertz CT molecular complexity index is 1110. The summed E-state index contributed by atoms with van der Waals surface area (Å²) in [5, 5.41) is 23.2. The molecule has 2 atom stereocenters. The number of hydrogen-bond acceptors (Lipinski definition) is 4. The van der Waals surface area contributed by atoms with E-state index in [1.165, 1.54) is 12.1 Å². The Morgan fingerprint density at radius 3 is 2.31 bits per heavy atom. The van der Waals surface area contributed by atoms with Crippen molar-refractivity contribution in [2.45, 2.75) is 25.0 Å². The minimum Gasteiger partial charge on any atom is -0.449 e. The number of rotatable bonds is 6. The lowest BCUT2D eigenvalue weighted by Crippen LogP contribution is -2.36. The Morgan fingerprint density at radius 2 is 1.69 bits per heavy atom. The summed E-state index contributed by atoms with van der Waals surface area (Å²) in [6.07, 6.45) is -3.73. The Morgan fingerprint density at radius 1 is 1.09 bits per heavy atom. The van der Waals surface area contributed by atoms with Gasteiger partial charge >= 0.3 is 6.09 Å². The van der Waals surface area contributed by atoms with Gasteiger partial charge in [-0.2, -0.15) is 0 Å². The van der Waals surface area contributed by atoms with Crippen LogP contribution < -0.4 is 5.32 Å². The van der Waals surface area contributed by atoms with E-state index in [0.717, 1.165) is 22.3 Å². The maximum absolute atomic E-state index is 14.1. The van der Waals surface area contributed by atoms with E-state index in [-0.39, 0.29) is 29.7 Å². The second-order valence-electron chi connectivity index (χ2n) is 7.84. The Hall–Kier alpha value is -2.93. The smallest absolute Gasteiger partial charge is 0.407 e. The van der Waals surface area contributed by atoms with Crippen LogP contribution in [0.2, 0.25) is 5.02 Å². The third kappa shape index (κ3) is 4.35. The number of fused-ring (bicyclic) bond motifs is 3. The number of halogens is 2. The molecule has 32 heavy (non-hydrogen) atoms. The van der Waals surface area contributed by atoms with E-state index in [1.54, 1.807) is 6.92 Å². The highest BCUT2D eigenvalue weighted by Crippen LogP contribution is 2.44. The standard InChI is InChI=1S/C25H23ClFNO4/c1-14-10-22(27)19(11-21(14)26)24(30)23(29)12-28-25(31)32-13-20-17-8-4-2-6-15(17)16-7-3-5-9-18(16)20/h2-11,20,23-24,29-30H,12-13H2,1H3,(H,28,31). The van der Waals surface area contributed by atoms with E-state index in [1.807, 2.05) is 48.5 Å². The fourth-order valence-electron chi connectivity index (χ4n) is 4.04. The molecule has 0 bridgehead atoms. The molecule has 7 heteroatoms. The average molecular weight is 456 g/mol. The van der Waals surface area contributed by atoms with Crippen LogP contribution >= 0.6 is 11.6 Å². The second-order valence-corrected chi connectivity index (χ2v) is 8.25. The highest BCUT2D eigenvalue weighted by molar-refractivity contribution is 6.31. The maximum atomic E-state index is 14.1. The van der Waals surface area contributed by atoms with Crippen LogP contribution in [0.15, 0.2) is 60.7 Å². The van der Waals surface area contributed by atoms with E-state index in [0.29, 0.717) is 5.56 Å². The quantitative estimate of drug-likeness (QED) is 0.502. The molecule has 1 aliphatic carbocycles. The van der Waals surface area contributed by atoms with Crippen LogP contribution in [0.1, 0.15) is 34.3 Å². The summed E-state index contributed by atoms with van der Waals surface area (Å²) in [6, 6.07) is 18.4. The van der Waals surface area contributed by atoms with Crippen LogP contribution in [-0.4, -0.2) is 35.6 Å². The summed E-state index contributed by atoms with van der Waals surface area (Å²) in [7, 11) is 0. The Labute approximate surface area is 190 Å². The van der Waals surface area contributed by atoms with E-state index in [4.69, 9.17) is 16.3 Å². The molecule has 3 aromatic carbocycles. The van der Waals surface area contributed by atoms with Crippen molar-refractivity contribution in [2.24, 2.45) is 0 Å². The number of carbonyl (C=O) groups excluding carboxylic acids is 1.